The number of benzene rings is 1. The van der Waals surface area contributed by atoms with Crippen molar-refractivity contribution in [1.82, 2.24) is 19.9 Å². The fourth-order valence-corrected chi connectivity index (χ4v) is 3.98. The number of rotatable bonds is 7. The van der Waals surface area contributed by atoms with Gasteiger partial charge in [-0.3, -0.25) is 14.7 Å². The van der Waals surface area contributed by atoms with Gasteiger partial charge >= 0.3 is 0 Å². The molecule has 0 amide bonds. The van der Waals surface area contributed by atoms with Crippen LogP contribution >= 0.6 is 0 Å². The number of methoxy groups -OCH3 is 2. The molecule has 7 nitrogen and oxygen atoms in total. The van der Waals surface area contributed by atoms with Gasteiger partial charge in [0.05, 0.1) is 19.4 Å². The van der Waals surface area contributed by atoms with Crippen molar-refractivity contribution in [3.8, 4) is 17.0 Å². The molecule has 3 aromatic rings. The minimum atomic E-state index is -0.133. The van der Waals surface area contributed by atoms with Crippen molar-refractivity contribution >= 4 is 0 Å². The number of aromatic nitrogens is 3. The van der Waals surface area contributed by atoms with Crippen LogP contribution in [0.2, 0.25) is 0 Å². The Kier molecular flexibility index (Phi) is 6.21. The Labute approximate surface area is 175 Å². The lowest BCUT2D eigenvalue weighted by Crippen LogP contribution is -2.21. The quantitative estimate of drug-likeness (QED) is 0.650. The second kappa shape index (κ2) is 9.19. The molecule has 0 aliphatic carbocycles. The Bertz CT molecular complexity index is 1050. The molecule has 1 N–H and O–H groups in total. The summed E-state index contributed by atoms with van der Waals surface area (Å²) in [5, 5.41) is 0. The lowest BCUT2D eigenvalue weighted by atomic mass is 10.1. The number of ether oxygens (including phenoxy) is 2. The van der Waals surface area contributed by atoms with E-state index in [2.05, 4.69) is 20.9 Å². The van der Waals surface area contributed by atoms with Crippen molar-refractivity contribution in [3.05, 3.63) is 76.1 Å². The smallest absolute Gasteiger partial charge is 0.251 e. The zero-order chi connectivity index (χ0) is 20.9. The van der Waals surface area contributed by atoms with E-state index in [9.17, 15) is 4.79 Å². The van der Waals surface area contributed by atoms with E-state index in [0.29, 0.717) is 12.3 Å². The van der Waals surface area contributed by atoms with Gasteiger partial charge in [-0.1, -0.05) is 6.07 Å². The van der Waals surface area contributed by atoms with Gasteiger partial charge < -0.3 is 14.5 Å². The average Bonchev–Trinajstić information content (AvgIpc) is 3.23. The first-order chi connectivity index (χ1) is 14.7. The molecule has 2 aromatic heterocycles. The lowest BCUT2D eigenvalue weighted by molar-refractivity contribution is 0.184. The van der Waals surface area contributed by atoms with E-state index in [1.165, 1.54) is 6.07 Å². The first kappa shape index (κ1) is 20.3. The number of aromatic amines is 1. The van der Waals surface area contributed by atoms with Crippen molar-refractivity contribution in [2.75, 3.05) is 27.3 Å². The molecule has 30 heavy (non-hydrogen) atoms. The highest BCUT2D eigenvalue weighted by Gasteiger charge is 2.27. The van der Waals surface area contributed by atoms with Crippen LogP contribution < -0.4 is 10.3 Å². The summed E-state index contributed by atoms with van der Waals surface area (Å²) in [4.78, 5) is 26.4. The molecule has 1 aliphatic rings. The summed E-state index contributed by atoms with van der Waals surface area (Å²) in [6.07, 6.45) is 4.38. The van der Waals surface area contributed by atoms with E-state index in [1.54, 1.807) is 26.6 Å². The molecule has 1 aliphatic heterocycles. The summed E-state index contributed by atoms with van der Waals surface area (Å²) in [6.45, 7) is 3.12. The average molecular weight is 406 g/mol. The van der Waals surface area contributed by atoms with E-state index < -0.39 is 0 Å². The van der Waals surface area contributed by atoms with Crippen LogP contribution in [0.3, 0.4) is 0 Å². The summed E-state index contributed by atoms with van der Waals surface area (Å²) in [5.41, 5.74) is 3.64. The molecule has 0 radical (unpaired) electrons. The summed E-state index contributed by atoms with van der Waals surface area (Å²) in [6, 6.07) is 11.4. The van der Waals surface area contributed by atoms with E-state index in [1.807, 2.05) is 24.3 Å². The van der Waals surface area contributed by atoms with Crippen molar-refractivity contribution in [2.45, 2.75) is 25.5 Å². The minimum Gasteiger partial charge on any atom is -0.496 e. The molecule has 7 heteroatoms. The predicted molar refractivity (Wildman–Crippen MR) is 114 cm³/mol. The molecular weight excluding hydrogens is 380 g/mol. The maximum absolute atomic E-state index is 12.2. The van der Waals surface area contributed by atoms with Gasteiger partial charge in [-0.15, -0.1) is 0 Å². The third kappa shape index (κ3) is 4.58. The third-order valence-electron chi connectivity index (χ3n) is 5.43. The SMILES string of the molecule is COCc1ccc(OC)c(CN2CC[C@@H](c3nc(-c4cccnc4)cc(=O)[nH]3)C2)c1. The van der Waals surface area contributed by atoms with E-state index in [0.717, 1.165) is 54.3 Å². The van der Waals surface area contributed by atoms with Crippen LogP contribution in [0.4, 0.5) is 0 Å². The summed E-state index contributed by atoms with van der Waals surface area (Å²) in [5.74, 6) is 1.80. The molecular formula is C23H26N4O3. The van der Waals surface area contributed by atoms with Gasteiger partial charge in [-0.2, -0.15) is 0 Å². The highest BCUT2D eigenvalue weighted by molar-refractivity contribution is 5.57. The second-order valence-electron chi connectivity index (χ2n) is 7.56. The molecule has 0 spiro atoms. The molecule has 1 fully saturated rings. The number of H-pyrrole nitrogens is 1. The van der Waals surface area contributed by atoms with Gasteiger partial charge in [0.25, 0.3) is 5.56 Å². The fourth-order valence-electron chi connectivity index (χ4n) is 3.98. The number of likely N-dealkylation sites (tertiary alicyclic amines) is 1. The predicted octanol–water partition coefficient (Wildman–Crippen LogP) is 2.98. The molecule has 3 heterocycles. The number of hydrogen-bond acceptors (Lipinski definition) is 6. The first-order valence-electron chi connectivity index (χ1n) is 10.0. The molecule has 0 saturated carbocycles. The van der Waals surface area contributed by atoms with E-state index in [4.69, 9.17) is 14.5 Å². The van der Waals surface area contributed by atoms with E-state index in [-0.39, 0.29) is 11.5 Å². The Balaban J connectivity index is 1.51. The van der Waals surface area contributed by atoms with Crippen LogP contribution in [0.5, 0.6) is 5.75 Å². The zero-order valence-corrected chi connectivity index (χ0v) is 17.3. The maximum atomic E-state index is 12.2. The van der Waals surface area contributed by atoms with Crippen LogP contribution in [-0.2, 0) is 17.9 Å². The van der Waals surface area contributed by atoms with Gasteiger partial charge in [0.15, 0.2) is 0 Å². The molecule has 4 rings (SSSR count). The lowest BCUT2D eigenvalue weighted by Gasteiger charge is -2.19. The van der Waals surface area contributed by atoms with Gasteiger partial charge in [0, 0.05) is 55.7 Å². The fraction of sp³-hybridized carbons (Fsp3) is 0.348. The Morgan fingerprint density at radius 3 is 2.90 bits per heavy atom. The Morgan fingerprint density at radius 1 is 1.23 bits per heavy atom. The highest BCUT2D eigenvalue weighted by Crippen LogP contribution is 2.29. The molecule has 1 atom stereocenters. The van der Waals surface area contributed by atoms with Crippen molar-refractivity contribution in [1.29, 1.82) is 0 Å². The molecule has 0 unspecified atom stereocenters. The third-order valence-corrected chi connectivity index (χ3v) is 5.43. The number of nitrogens with one attached hydrogen (secondary N) is 1. The number of pyridine rings is 1. The largest absolute Gasteiger partial charge is 0.496 e. The standard InChI is InChI=1S/C23H26N4O3/c1-29-15-16-5-6-21(30-2)19(10-16)14-27-9-7-18(13-27)23-25-20(11-22(28)26-23)17-4-3-8-24-12-17/h3-6,8,10-12,18H,7,9,13-15H2,1-2H3,(H,25,26,28)/t18-/m1/s1. The summed E-state index contributed by atoms with van der Waals surface area (Å²) in [7, 11) is 3.39. The molecule has 156 valence electrons. The normalized spacial score (nSPS) is 16.7. The molecule has 0 bridgehead atoms. The molecule has 1 saturated heterocycles. The topological polar surface area (TPSA) is 80.3 Å². The van der Waals surface area contributed by atoms with Crippen LogP contribution in [0, 0.1) is 0 Å². The maximum Gasteiger partial charge on any atom is 0.251 e. The molecule has 1 aromatic carbocycles. The Hall–Kier alpha value is -3.03. The van der Waals surface area contributed by atoms with E-state index >= 15 is 0 Å². The monoisotopic (exact) mass is 406 g/mol. The summed E-state index contributed by atoms with van der Waals surface area (Å²) >= 11 is 0. The van der Waals surface area contributed by atoms with Crippen molar-refractivity contribution in [2.24, 2.45) is 0 Å². The first-order valence-corrected chi connectivity index (χ1v) is 10.0. The van der Waals surface area contributed by atoms with Crippen LogP contribution in [0.25, 0.3) is 11.3 Å². The zero-order valence-electron chi connectivity index (χ0n) is 17.3. The van der Waals surface area contributed by atoms with Gasteiger partial charge in [-0.05, 0) is 42.8 Å². The van der Waals surface area contributed by atoms with Gasteiger partial charge in [0.2, 0.25) is 0 Å². The number of nitrogens with zero attached hydrogens (tertiary/aromatic N) is 3. The minimum absolute atomic E-state index is 0.133. The van der Waals surface area contributed by atoms with Crippen LogP contribution in [0.15, 0.2) is 53.6 Å². The van der Waals surface area contributed by atoms with Gasteiger partial charge in [-0.25, -0.2) is 4.98 Å². The second-order valence-corrected chi connectivity index (χ2v) is 7.56. The van der Waals surface area contributed by atoms with Crippen molar-refractivity contribution < 1.29 is 9.47 Å². The van der Waals surface area contributed by atoms with Crippen molar-refractivity contribution in [3.63, 3.8) is 0 Å². The Morgan fingerprint density at radius 2 is 2.13 bits per heavy atom. The van der Waals surface area contributed by atoms with Gasteiger partial charge in [0.1, 0.15) is 11.6 Å². The summed E-state index contributed by atoms with van der Waals surface area (Å²) < 4.78 is 10.8. The number of hydrogen-bond donors (Lipinski definition) is 1. The highest BCUT2D eigenvalue weighted by atomic mass is 16.5. The van der Waals surface area contributed by atoms with Crippen LogP contribution in [-0.4, -0.2) is 47.2 Å². The van der Waals surface area contributed by atoms with Crippen LogP contribution in [0.1, 0.15) is 29.3 Å².